The number of amides is 1. The van der Waals surface area contributed by atoms with Gasteiger partial charge in [0.1, 0.15) is 5.69 Å². The Morgan fingerprint density at radius 1 is 1.35 bits per heavy atom. The molecule has 6 heteroatoms. The predicted molar refractivity (Wildman–Crippen MR) is 92.4 cm³/mol. The minimum Gasteiger partial charge on any atom is -0.347 e. The molecule has 0 saturated heterocycles. The van der Waals surface area contributed by atoms with Gasteiger partial charge in [-0.2, -0.15) is 0 Å². The summed E-state index contributed by atoms with van der Waals surface area (Å²) in [4.78, 5) is 21.3. The van der Waals surface area contributed by atoms with Gasteiger partial charge in [0.25, 0.3) is 5.91 Å². The Morgan fingerprint density at radius 2 is 2.09 bits per heavy atom. The number of pyridine rings is 2. The van der Waals surface area contributed by atoms with Gasteiger partial charge in [0.05, 0.1) is 10.2 Å². The summed E-state index contributed by atoms with van der Waals surface area (Å²) in [5.41, 5.74) is 4.23. The van der Waals surface area contributed by atoms with Crippen molar-refractivity contribution in [2.75, 3.05) is 0 Å². The summed E-state index contributed by atoms with van der Waals surface area (Å²) in [6.45, 7) is 4.46. The number of aryl methyl sites for hydroxylation is 2. The molecule has 0 aliphatic rings. The second kappa shape index (κ2) is 6.50. The summed E-state index contributed by atoms with van der Waals surface area (Å²) in [7, 11) is 0. The van der Waals surface area contributed by atoms with Crippen molar-refractivity contribution in [2.24, 2.45) is 0 Å². The summed E-state index contributed by atoms with van der Waals surface area (Å²) in [5, 5.41) is 2.96. The quantitative estimate of drug-likeness (QED) is 0.764. The molecule has 23 heavy (non-hydrogen) atoms. The second-order valence-corrected chi connectivity index (χ2v) is 6.21. The molecule has 0 spiro atoms. The molecule has 3 aromatic rings. The minimum absolute atomic E-state index is 0.122. The summed E-state index contributed by atoms with van der Waals surface area (Å²) in [6, 6.07) is 5.77. The molecule has 1 N–H and O–H groups in total. The van der Waals surface area contributed by atoms with Crippen LogP contribution in [0.3, 0.4) is 0 Å². The summed E-state index contributed by atoms with van der Waals surface area (Å²) < 4.78 is 2.75. The van der Waals surface area contributed by atoms with E-state index >= 15 is 0 Å². The van der Waals surface area contributed by atoms with Crippen molar-refractivity contribution in [3.8, 4) is 0 Å². The third-order valence-corrected chi connectivity index (χ3v) is 4.22. The molecule has 5 nitrogen and oxygen atoms in total. The van der Waals surface area contributed by atoms with Gasteiger partial charge >= 0.3 is 0 Å². The van der Waals surface area contributed by atoms with Crippen molar-refractivity contribution < 1.29 is 4.79 Å². The first-order valence-electron chi connectivity index (χ1n) is 7.44. The lowest BCUT2D eigenvalue weighted by atomic mass is 10.2. The molecular weight excluding hydrogens is 356 g/mol. The summed E-state index contributed by atoms with van der Waals surface area (Å²) in [5.74, 6) is -0.122. The first-order chi connectivity index (χ1) is 11.1. The van der Waals surface area contributed by atoms with Crippen LogP contribution in [0.2, 0.25) is 0 Å². The molecule has 3 heterocycles. The Hall–Kier alpha value is -2.21. The lowest BCUT2D eigenvalue weighted by molar-refractivity contribution is 0.0944. The van der Waals surface area contributed by atoms with Crippen LogP contribution >= 0.6 is 15.9 Å². The van der Waals surface area contributed by atoms with Crippen LogP contribution in [0.25, 0.3) is 5.65 Å². The van der Waals surface area contributed by atoms with Gasteiger partial charge in [-0.15, -0.1) is 0 Å². The number of carbonyl (C=O) groups excluding carboxylic acids is 1. The van der Waals surface area contributed by atoms with E-state index < -0.39 is 0 Å². The number of carbonyl (C=O) groups is 1. The van der Waals surface area contributed by atoms with E-state index in [1.54, 1.807) is 12.4 Å². The van der Waals surface area contributed by atoms with Crippen molar-refractivity contribution in [3.05, 3.63) is 63.8 Å². The zero-order valence-electron chi connectivity index (χ0n) is 13.0. The standard InChI is InChI=1S/C17H17BrN4O/c1-3-14-15(17(23)20-9-12-4-6-19-7-5-12)22-10-11(2)8-13(18)16(22)21-14/h4-8,10H,3,9H2,1-2H3,(H,20,23). The van der Waals surface area contributed by atoms with Gasteiger partial charge in [-0.3, -0.25) is 14.2 Å². The minimum atomic E-state index is -0.122. The number of nitrogens with zero attached hydrogens (tertiary/aromatic N) is 3. The van der Waals surface area contributed by atoms with Gasteiger partial charge in [0, 0.05) is 25.1 Å². The fourth-order valence-corrected chi connectivity index (χ4v) is 3.17. The first-order valence-corrected chi connectivity index (χ1v) is 8.23. The van der Waals surface area contributed by atoms with E-state index in [9.17, 15) is 4.79 Å². The highest BCUT2D eigenvalue weighted by molar-refractivity contribution is 9.10. The van der Waals surface area contributed by atoms with Crippen LogP contribution in [0.5, 0.6) is 0 Å². The van der Waals surface area contributed by atoms with E-state index in [1.807, 2.05) is 42.6 Å². The highest BCUT2D eigenvalue weighted by Crippen LogP contribution is 2.23. The largest absolute Gasteiger partial charge is 0.347 e. The molecule has 0 aliphatic carbocycles. The fourth-order valence-electron chi connectivity index (χ4n) is 2.53. The molecule has 1 amide bonds. The van der Waals surface area contributed by atoms with E-state index in [4.69, 9.17) is 0 Å². The van der Waals surface area contributed by atoms with Gasteiger partial charge in [-0.1, -0.05) is 6.92 Å². The molecule has 118 valence electrons. The molecule has 3 aromatic heterocycles. The molecule has 0 atom stereocenters. The number of hydrogen-bond acceptors (Lipinski definition) is 3. The second-order valence-electron chi connectivity index (χ2n) is 5.36. The monoisotopic (exact) mass is 372 g/mol. The Bertz CT molecular complexity index is 858. The number of fused-ring (bicyclic) bond motifs is 1. The van der Waals surface area contributed by atoms with Gasteiger partial charge < -0.3 is 5.32 Å². The SMILES string of the molecule is CCc1nc2c(Br)cc(C)cn2c1C(=O)NCc1ccncc1. The van der Waals surface area contributed by atoms with Crippen LogP contribution in [0.1, 0.15) is 34.2 Å². The Balaban J connectivity index is 1.96. The number of imidazole rings is 1. The Morgan fingerprint density at radius 3 is 2.78 bits per heavy atom. The molecule has 3 rings (SSSR count). The van der Waals surface area contributed by atoms with Crippen molar-refractivity contribution in [1.82, 2.24) is 19.7 Å². The van der Waals surface area contributed by atoms with Gasteiger partial charge in [0.15, 0.2) is 5.65 Å². The molecule has 0 fully saturated rings. The van der Waals surface area contributed by atoms with E-state index in [-0.39, 0.29) is 5.91 Å². The van der Waals surface area contributed by atoms with Crippen molar-refractivity contribution >= 4 is 27.5 Å². The maximum atomic E-state index is 12.7. The van der Waals surface area contributed by atoms with E-state index in [2.05, 4.69) is 31.2 Å². The number of halogens is 1. The number of rotatable bonds is 4. The lowest BCUT2D eigenvalue weighted by Crippen LogP contribution is -2.25. The van der Waals surface area contributed by atoms with Crippen LogP contribution in [-0.4, -0.2) is 20.3 Å². The van der Waals surface area contributed by atoms with Crippen LogP contribution < -0.4 is 5.32 Å². The maximum absolute atomic E-state index is 12.7. The zero-order chi connectivity index (χ0) is 16.4. The summed E-state index contributed by atoms with van der Waals surface area (Å²) >= 11 is 3.53. The number of aromatic nitrogens is 3. The summed E-state index contributed by atoms with van der Waals surface area (Å²) in [6.07, 6.45) is 6.07. The zero-order valence-corrected chi connectivity index (χ0v) is 14.6. The highest BCUT2D eigenvalue weighted by Gasteiger charge is 2.19. The maximum Gasteiger partial charge on any atom is 0.270 e. The van der Waals surface area contributed by atoms with Crippen LogP contribution in [0.15, 0.2) is 41.3 Å². The van der Waals surface area contributed by atoms with E-state index in [0.29, 0.717) is 18.7 Å². The molecular formula is C17H17BrN4O. The third-order valence-electron chi connectivity index (χ3n) is 3.64. The third kappa shape index (κ3) is 3.12. The normalized spacial score (nSPS) is 10.9. The number of nitrogens with one attached hydrogen (secondary N) is 1. The van der Waals surface area contributed by atoms with Crippen LogP contribution in [0, 0.1) is 6.92 Å². The average Bonchev–Trinajstić information content (AvgIpc) is 2.92. The topological polar surface area (TPSA) is 59.3 Å². The molecule has 0 aromatic carbocycles. The van der Waals surface area contributed by atoms with Crippen LogP contribution in [0.4, 0.5) is 0 Å². The molecule has 0 bridgehead atoms. The van der Waals surface area contributed by atoms with Crippen molar-refractivity contribution in [1.29, 1.82) is 0 Å². The molecule has 0 aliphatic heterocycles. The smallest absolute Gasteiger partial charge is 0.270 e. The average molecular weight is 373 g/mol. The fraction of sp³-hybridized carbons (Fsp3) is 0.235. The molecule has 0 unspecified atom stereocenters. The van der Waals surface area contributed by atoms with Gasteiger partial charge in [-0.25, -0.2) is 4.98 Å². The molecule has 0 radical (unpaired) electrons. The number of hydrogen-bond donors (Lipinski definition) is 1. The van der Waals surface area contributed by atoms with E-state index in [0.717, 1.165) is 26.9 Å². The highest BCUT2D eigenvalue weighted by atomic mass is 79.9. The molecule has 0 saturated carbocycles. The Kier molecular flexibility index (Phi) is 4.43. The lowest BCUT2D eigenvalue weighted by Gasteiger charge is -2.07. The first kappa shape index (κ1) is 15.7. The van der Waals surface area contributed by atoms with Gasteiger partial charge in [0.2, 0.25) is 0 Å². The van der Waals surface area contributed by atoms with Crippen LogP contribution in [-0.2, 0) is 13.0 Å². The predicted octanol–water partition coefficient (Wildman–Crippen LogP) is 3.29. The van der Waals surface area contributed by atoms with Crippen molar-refractivity contribution in [3.63, 3.8) is 0 Å². The van der Waals surface area contributed by atoms with Gasteiger partial charge in [-0.05, 0) is 58.6 Å². The van der Waals surface area contributed by atoms with Crippen molar-refractivity contribution in [2.45, 2.75) is 26.8 Å². The van der Waals surface area contributed by atoms with E-state index in [1.165, 1.54) is 0 Å². The Labute approximate surface area is 142 Å².